The van der Waals surface area contributed by atoms with E-state index in [0.717, 1.165) is 6.44 Å². The van der Waals surface area contributed by atoms with Crippen molar-refractivity contribution in [2.75, 3.05) is 0 Å². The van der Waals surface area contributed by atoms with Crippen LogP contribution in [0.5, 0.6) is 0 Å². The molecule has 0 spiro atoms. The van der Waals surface area contributed by atoms with Gasteiger partial charge in [0.2, 0.25) is 7.28 Å². The van der Waals surface area contributed by atoms with E-state index in [1.807, 2.05) is 6.07 Å². The average molecular weight is 134 g/mol. The highest BCUT2D eigenvalue weighted by atomic mass is 14.9. The Morgan fingerprint density at radius 1 is 1.20 bits per heavy atom. The number of pyridine rings is 1. The van der Waals surface area contributed by atoms with Crippen LogP contribution >= 0.6 is 0 Å². The molecule has 1 heterocycles. The van der Waals surface area contributed by atoms with E-state index in [1.165, 1.54) is 13.6 Å². The summed E-state index contributed by atoms with van der Waals surface area (Å²) in [7, 11) is 1.27. The highest BCUT2D eigenvalue weighted by molar-refractivity contribution is 6.32. The van der Waals surface area contributed by atoms with Crippen molar-refractivity contribution >= 4 is 7.28 Å². The minimum Gasteiger partial charge on any atom is -0.214 e. The maximum atomic E-state index is 2.21. The van der Waals surface area contributed by atoms with Crippen LogP contribution in [0.2, 0.25) is 6.32 Å². The summed E-state index contributed by atoms with van der Waals surface area (Å²) in [6.45, 7) is 2.21. The van der Waals surface area contributed by atoms with Gasteiger partial charge in [0.05, 0.1) is 0 Å². The smallest absolute Gasteiger partial charge is 0.205 e. The fourth-order valence-electron chi connectivity index (χ4n) is 0.924. The van der Waals surface area contributed by atoms with Gasteiger partial charge < -0.3 is 0 Å². The summed E-state index contributed by atoms with van der Waals surface area (Å²) in [6.07, 6.45) is 6.63. The van der Waals surface area contributed by atoms with Crippen molar-refractivity contribution in [3.63, 3.8) is 0 Å². The summed E-state index contributed by atoms with van der Waals surface area (Å²) >= 11 is 0. The van der Waals surface area contributed by atoms with Gasteiger partial charge in [0.15, 0.2) is 12.4 Å². The van der Waals surface area contributed by atoms with Crippen molar-refractivity contribution in [2.45, 2.75) is 19.7 Å². The first kappa shape index (κ1) is 7.32. The van der Waals surface area contributed by atoms with Gasteiger partial charge in [0.1, 0.15) is 6.44 Å². The largest absolute Gasteiger partial charge is 0.214 e. The molecule has 0 bridgehead atoms. The van der Waals surface area contributed by atoms with Crippen LogP contribution < -0.4 is 4.57 Å². The molecule has 2 heteroatoms. The summed E-state index contributed by atoms with van der Waals surface area (Å²) < 4.78 is 2.21. The molecule has 0 aliphatic rings. The van der Waals surface area contributed by atoms with E-state index in [1.54, 1.807) is 0 Å². The van der Waals surface area contributed by atoms with Gasteiger partial charge in [-0.2, -0.15) is 0 Å². The molecular formula is C8H13BN+. The molecule has 0 amide bonds. The van der Waals surface area contributed by atoms with Crippen LogP contribution in [0.4, 0.5) is 0 Å². The second kappa shape index (κ2) is 4.10. The topological polar surface area (TPSA) is 3.88 Å². The normalized spacial score (nSPS) is 9.30. The number of nitrogens with zero attached hydrogens (tertiary/aromatic N) is 1. The van der Waals surface area contributed by atoms with Crippen LogP contribution in [0.1, 0.15) is 6.92 Å². The zero-order chi connectivity index (χ0) is 7.23. The predicted molar refractivity (Wildman–Crippen MR) is 44.3 cm³/mol. The number of aromatic nitrogens is 1. The summed E-state index contributed by atoms with van der Waals surface area (Å²) in [6, 6.07) is 6.17. The molecule has 1 nitrogen and oxygen atoms in total. The zero-order valence-corrected chi connectivity index (χ0v) is 6.46. The molecule has 0 saturated carbocycles. The lowest BCUT2D eigenvalue weighted by atomic mass is 9.75. The highest BCUT2D eigenvalue weighted by Crippen LogP contribution is 1.77. The second-order valence-corrected chi connectivity index (χ2v) is 2.47. The summed E-state index contributed by atoms with van der Waals surface area (Å²) in [5.74, 6) is 0. The van der Waals surface area contributed by atoms with Crippen molar-refractivity contribution < 1.29 is 4.57 Å². The van der Waals surface area contributed by atoms with Gasteiger partial charge in [0, 0.05) is 12.1 Å². The number of hydrogen-bond acceptors (Lipinski definition) is 0. The molecular weight excluding hydrogens is 121 g/mol. The van der Waals surface area contributed by atoms with Gasteiger partial charge in [-0.15, -0.1) is 0 Å². The Balaban J connectivity index is 2.43. The molecule has 0 aliphatic carbocycles. The van der Waals surface area contributed by atoms with Crippen molar-refractivity contribution in [3.05, 3.63) is 30.6 Å². The Morgan fingerprint density at radius 2 is 1.90 bits per heavy atom. The fraction of sp³-hybridized carbons (Fsp3) is 0.375. The van der Waals surface area contributed by atoms with Gasteiger partial charge in [-0.25, -0.2) is 4.57 Å². The molecule has 1 aromatic rings. The fourth-order valence-corrected chi connectivity index (χ4v) is 0.924. The maximum absolute atomic E-state index is 2.21. The second-order valence-electron chi connectivity index (χ2n) is 2.47. The summed E-state index contributed by atoms with van der Waals surface area (Å²) in [5.41, 5.74) is 0. The van der Waals surface area contributed by atoms with E-state index in [-0.39, 0.29) is 0 Å². The van der Waals surface area contributed by atoms with Gasteiger partial charge >= 0.3 is 0 Å². The van der Waals surface area contributed by atoms with Crippen LogP contribution in [0, 0.1) is 0 Å². The average Bonchev–Trinajstić information content (AvgIpc) is 2.03. The molecule has 0 saturated heterocycles. The monoisotopic (exact) mass is 134 g/mol. The molecule has 0 N–H and O–H groups in total. The molecule has 1 rings (SSSR count). The number of hydrogen-bond donors (Lipinski definition) is 0. The molecule has 0 aromatic carbocycles. The Hall–Kier alpha value is -0.785. The van der Waals surface area contributed by atoms with E-state index in [4.69, 9.17) is 0 Å². The quantitative estimate of drug-likeness (QED) is 0.425. The molecule has 0 fully saturated rings. The third-order valence-electron chi connectivity index (χ3n) is 1.55. The Bertz CT molecular complexity index is 174. The Morgan fingerprint density at radius 3 is 2.50 bits per heavy atom. The van der Waals surface area contributed by atoms with E-state index >= 15 is 0 Å². The lowest BCUT2D eigenvalue weighted by Gasteiger charge is -1.90. The van der Waals surface area contributed by atoms with Gasteiger partial charge in [-0.05, 0) is 0 Å². The van der Waals surface area contributed by atoms with Crippen LogP contribution in [-0.4, -0.2) is 7.28 Å². The van der Waals surface area contributed by atoms with Crippen LogP contribution in [0.3, 0.4) is 0 Å². The van der Waals surface area contributed by atoms with Crippen LogP contribution in [-0.2, 0) is 6.44 Å². The first-order valence-corrected chi connectivity index (χ1v) is 3.87. The van der Waals surface area contributed by atoms with Gasteiger partial charge in [-0.3, -0.25) is 0 Å². The van der Waals surface area contributed by atoms with E-state index in [0.29, 0.717) is 0 Å². The molecule has 10 heavy (non-hydrogen) atoms. The van der Waals surface area contributed by atoms with Crippen molar-refractivity contribution in [3.8, 4) is 0 Å². The predicted octanol–water partition coefficient (Wildman–Crippen LogP) is 0.806. The van der Waals surface area contributed by atoms with Crippen molar-refractivity contribution in [1.29, 1.82) is 0 Å². The maximum Gasteiger partial charge on any atom is 0.205 e. The molecule has 0 radical (unpaired) electrons. The lowest BCUT2D eigenvalue weighted by molar-refractivity contribution is -0.679. The number of rotatable bonds is 3. The molecule has 1 aromatic heterocycles. The van der Waals surface area contributed by atoms with Crippen LogP contribution in [0.15, 0.2) is 30.6 Å². The van der Waals surface area contributed by atoms with E-state index < -0.39 is 0 Å². The van der Waals surface area contributed by atoms with Crippen molar-refractivity contribution in [2.24, 2.45) is 0 Å². The van der Waals surface area contributed by atoms with Gasteiger partial charge in [-0.1, -0.05) is 19.3 Å². The summed E-state index contributed by atoms with van der Waals surface area (Å²) in [5, 5.41) is 0. The first-order chi connectivity index (χ1) is 4.93. The molecule has 0 atom stereocenters. The van der Waals surface area contributed by atoms with Crippen LogP contribution in [0.25, 0.3) is 0 Å². The SMILES string of the molecule is CCBC[n+]1ccccc1. The Kier molecular flexibility index (Phi) is 3.00. The minimum atomic E-state index is 1.15. The van der Waals surface area contributed by atoms with E-state index in [9.17, 15) is 0 Å². The highest BCUT2D eigenvalue weighted by Gasteiger charge is 1.95. The molecule has 0 unspecified atom stereocenters. The van der Waals surface area contributed by atoms with Gasteiger partial charge in [0.25, 0.3) is 0 Å². The summed E-state index contributed by atoms with van der Waals surface area (Å²) in [4.78, 5) is 0. The standard InChI is InChI=1S/C8H13BN/c1-2-9-8-10-6-4-3-5-7-10/h3-7,9H,2,8H2,1H3/q+1. The third kappa shape index (κ3) is 2.22. The molecule has 52 valence electrons. The third-order valence-corrected chi connectivity index (χ3v) is 1.55. The van der Waals surface area contributed by atoms with Crippen molar-refractivity contribution in [1.82, 2.24) is 0 Å². The zero-order valence-electron chi connectivity index (χ0n) is 6.46. The molecule has 0 aliphatic heterocycles. The van der Waals surface area contributed by atoms with E-state index in [2.05, 4.69) is 36.0 Å². The first-order valence-electron chi connectivity index (χ1n) is 3.87. The lowest BCUT2D eigenvalue weighted by Crippen LogP contribution is -2.35. The Labute approximate surface area is 62.9 Å². The minimum absolute atomic E-state index is 1.15.